The fraction of sp³-hybridized carbons (Fsp3) is 0.0800. The van der Waals surface area contributed by atoms with E-state index in [9.17, 15) is 13.2 Å². The van der Waals surface area contributed by atoms with Gasteiger partial charge in [0.05, 0.1) is 5.57 Å². The molecule has 1 N–H and O–H groups in total. The molecule has 2 aliphatic heterocycles. The summed E-state index contributed by atoms with van der Waals surface area (Å²) in [4.78, 5) is 3.50. The molecule has 3 aromatic rings. The molecule has 2 aliphatic rings. The third kappa shape index (κ3) is 4.67. The number of hydrogen-bond donors (Lipinski definition) is 1. The SMILES string of the molecule is C=C1NN=C2C(c3ccc(Cl)cc3)=C(c3ccc(Cl)cc3)C(OCc3ccc(C(F)(F)F)nc3)=NN12. The summed E-state index contributed by atoms with van der Waals surface area (Å²) in [7, 11) is 0. The molecule has 0 saturated carbocycles. The molecule has 36 heavy (non-hydrogen) atoms. The van der Waals surface area contributed by atoms with Gasteiger partial charge in [-0.3, -0.25) is 10.4 Å². The zero-order chi connectivity index (χ0) is 25.4. The Bertz CT molecular complexity index is 1410. The summed E-state index contributed by atoms with van der Waals surface area (Å²) in [5.74, 6) is 1.12. The average Bonchev–Trinajstić information content (AvgIpc) is 3.23. The molecule has 0 bridgehead atoms. The van der Waals surface area contributed by atoms with E-state index in [1.54, 1.807) is 24.3 Å². The minimum absolute atomic E-state index is 0.0742. The minimum atomic E-state index is -4.52. The van der Waals surface area contributed by atoms with Crippen LogP contribution in [0.4, 0.5) is 13.2 Å². The van der Waals surface area contributed by atoms with E-state index in [1.807, 2.05) is 24.3 Å². The van der Waals surface area contributed by atoms with Crippen LogP contribution in [0.25, 0.3) is 11.1 Å². The van der Waals surface area contributed by atoms with Crippen molar-refractivity contribution in [2.75, 3.05) is 0 Å². The largest absolute Gasteiger partial charge is 0.471 e. The van der Waals surface area contributed by atoms with Gasteiger partial charge in [0.15, 0.2) is 5.84 Å². The van der Waals surface area contributed by atoms with Crippen LogP contribution in [0.15, 0.2) is 89.5 Å². The van der Waals surface area contributed by atoms with Crippen LogP contribution in [0.5, 0.6) is 0 Å². The number of pyridine rings is 1. The Morgan fingerprint density at radius 3 is 2.06 bits per heavy atom. The lowest BCUT2D eigenvalue weighted by atomic mass is 9.92. The molecule has 0 amide bonds. The molecule has 2 aromatic carbocycles. The van der Waals surface area contributed by atoms with Gasteiger partial charge in [-0.2, -0.15) is 23.3 Å². The number of nitrogens with one attached hydrogen (secondary N) is 1. The number of hydrazone groups is 2. The highest BCUT2D eigenvalue weighted by molar-refractivity contribution is 6.43. The Hall–Kier alpha value is -3.82. The van der Waals surface area contributed by atoms with Crippen molar-refractivity contribution in [2.24, 2.45) is 10.2 Å². The predicted octanol–water partition coefficient (Wildman–Crippen LogP) is 6.55. The number of nitrogens with zero attached hydrogens (tertiary/aromatic N) is 4. The van der Waals surface area contributed by atoms with Gasteiger partial charge >= 0.3 is 6.18 Å². The molecule has 11 heteroatoms. The molecule has 1 aromatic heterocycles. The first-order chi connectivity index (χ1) is 17.2. The summed E-state index contributed by atoms with van der Waals surface area (Å²) in [6, 6.07) is 16.5. The Labute approximate surface area is 214 Å². The van der Waals surface area contributed by atoms with Crippen LogP contribution in [0, 0.1) is 0 Å². The van der Waals surface area contributed by atoms with E-state index in [1.165, 1.54) is 11.1 Å². The maximum absolute atomic E-state index is 12.9. The van der Waals surface area contributed by atoms with Crippen molar-refractivity contribution in [3.05, 3.63) is 112 Å². The van der Waals surface area contributed by atoms with Crippen molar-refractivity contribution in [1.29, 1.82) is 0 Å². The second-order valence-electron chi connectivity index (χ2n) is 7.81. The number of benzene rings is 2. The lowest BCUT2D eigenvalue weighted by Crippen LogP contribution is -2.31. The summed E-state index contributed by atoms with van der Waals surface area (Å²) in [6.07, 6.45) is -3.40. The Morgan fingerprint density at radius 2 is 1.50 bits per heavy atom. The molecule has 0 unspecified atom stereocenters. The molecular formula is C25H16Cl2F3N5O. The summed E-state index contributed by atoms with van der Waals surface area (Å²) in [6.45, 7) is 3.86. The van der Waals surface area contributed by atoms with E-state index >= 15 is 0 Å². The zero-order valence-electron chi connectivity index (χ0n) is 18.4. The number of rotatable bonds is 4. The van der Waals surface area contributed by atoms with Gasteiger partial charge in [0.2, 0.25) is 5.90 Å². The van der Waals surface area contributed by atoms with E-state index in [2.05, 4.69) is 27.2 Å². The van der Waals surface area contributed by atoms with Crippen molar-refractivity contribution >= 4 is 46.1 Å². The monoisotopic (exact) mass is 529 g/mol. The first-order valence-electron chi connectivity index (χ1n) is 10.5. The van der Waals surface area contributed by atoms with Crippen LogP contribution < -0.4 is 5.43 Å². The molecular weight excluding hydrogens is 514 g/mol. The second kappa shape index (κ2) is 9.33. The highest BCUT2D eigenvalue weighted by atomic mass is 35.5. The van der Waals surface area contributed by atoms with Crippen molar-refractivity contribution < 1.29 is 17.9 Å². The molecule has 0 spiro atoms. The van der Waals surface area contributed by atoms with Crippen molar-refractivity contribution in [1.82, 2.24) is 15.4 Å². The number of alkyl halides is 3. The smallest absolute Gasteiger partial charge is 0.433 e. The van der Waals surface area contributed by atoms with Gasteiger partial charge in [-0.05, 0) is 41.5 Å². The number of amidine groups is 1. The number of ether oxygens (including phenoxy) is 1. The fourth-order valence-electron chi connectivity index (χ4n) is 3.67. The standard InChI is InChI=1S/C25H16Cl2F3N5O/c1-14-32-33-23-21(16-3-7-18(26)8-4-16)22(17-5-9-19(27)10-6-17)24(34-35(14)23)36-13-15-2-11-20(31-12-15)25(28,29)30/h2-12,32H,1,13H2. The molecule has 0 radical (unpaired) electrons. The Kier molecular flexibility index (Phi) is 6.19. The molecule has 182 valence electrons. The van der Waals surface area contributed by atoms with Gasteiger partial charge in [0, 0.05) is 27.4 Å². The maximum Gasteiger partial charge on any atom is 0.433 e. The third-order valence-corrected chi connectivity index (χ3v) is 5.89. The molecule has 0 atom stereocenters. The van der Waals surface area contributed by atoms with Crippen LogP contribution >= 0.6 is 23.2 Å². The van der Waals surface area contributed by atoms with E-state index in [0.29, 0.717) is 38.4 Å². The van der Waals surface area contributed by atoms with Crippen molar-refractivity contribution in [3.63, 3.8) is 0 Å². The number of halogens is 5. The first-order valence-corrected chi connectivity index (χ1v) is 11.3. The molecule has 0 fully saturated rings. The third-order valence-electron chi connectivity index (χ3n) is 5.38. The van der Waals surface area contributed by atoms with E-state index in [0.717, 1.165) is 23.4 Å². The maximum atomic E-state index is 12.9. The molecule has 3 heterocycles. The van der Waals surface area contributed by atoms with E-state index < -0.39 is 11.9 Å². The van der Waals surface area contributed by atoms with Crippen LogP contribution in [-0.2, 0) is 17.5 Å². The molecule has 0 saturated heterocycles. The highest BCUT2D eigenvalue weighted by Gasteiger charge is 2.36. The van der Waals surface area contributed by atoms with Crippen LogP contribution in [-0.4, -0.2) is 21.7 Å². The summed E-state index contributed by atoms with van der Waals surface area (Å²) >= 11 is 12.2. The lowest BCUT2D eigenvalue weighted by molar-refractivity contribution is -0.141. The van der Waals surface area contributed by atoms with Crippen molar-refractivity contribution in [3.8, 4) is 0 Å². The average molecular weight is 530 g/mol. The Balaban J connectivity index is 1.59. The van der Waals surface area contributed by atoms with Crippen LogP contribution in [0.3, 0.4) is 0 Å². The van der Waals surface area contributed by atoms with Gasteiger partial charge in [0.25, 0.3) is 0 Å². The second-order valence-corrected chi connectivity index (χ2v) is 8.69. The minimum Gasteiger partial charge on any atom is -0.471 e. The fourth-order valence-corrected chi connectivity index (χ4v) is 3.93. The lowest BCUT2D eigenvalue weighted by Gasteiger charge is -2.27. The number of aromatic nitrogens is 1. The molecule has 0 aliphatic carbocycles. The Morgan fingerprint density at radius 1 is 0.889 bits per heavy atom. The zero-order valence-corrected chi connectivity index (χ0v) is 19.9. The molecule has 6 nitrogen and oxygen atoms in total. The normalized spacial score (nSPS) is 15.4. The summed E-state index contributed by atoms with van der Waals surface area (Å²) in [5, 5.41) is 11.6. The number of fused-ring (bicyclic) bond motifs is 1. The van der Waals surface area contributed by atoms with Gasteiger partial charge in [-0.1, -0.05) is 60.1 Å². The van der Waals surface area contributed by atoms with E-state index in [4.69, 9.17) is 27.9 Å². The predicted molar refractivity (Wildman–Crippen MR) is 133 cm³/mol. The van der Waals surface area contributed by atoms with Gasteiger partial charge in [-0.25, -0.2) is 0 Å². The first kappa shape index (κ1) is 23.9. The van der Waals surface area contributed by atoms with Crippen LogP contribution in [0.2, 0.25) is 10.0 Å². The van der Waals surface area contributed by atoms with Gasteiger partial charge < -0.3 is 4.74 Å². The summed E-state index contributed by atoms with van der Waals surface area (Å²) < 4.78 is 44.7. The topological polar surface area (TPSA) is 62.1 Å². The number of hydrogen-bond acceptors (Lipinski definition) is 6. The van der Waals surface area contributed by atoms with Crippen LogP contribution in [0.1, 0.15) is 22.4 Å². The van der Waals surface area contributed by atoms with Gasteiger partial charge in [0.1, 0.15) is 18.1 Å². The van der Waals surface area contributed by atoms with E-state index in [-0.39, 0.29) is 12.5 Å². The summed E-state index contributed by atoms with van der Waals surface area (Å²) in [5.41, 5.74) is 5.12. The van der Waals surface area contributed by atoms with Gasteiger partial charge in [-0.15, -0.1) is 5.10 Å². The molecule has 5 rings (SSSR count). The van der Waals surface area contributed by atoms with Crippen molar-refractivity contribution in [2.45, 2.75) is 12.8 Å². The quantitative estimate of drug-likeness (QED) is 0.416. The highest BCUT2D eigenvalue weighted by Crippen LogP contribution is 2.37.